The standard InChI is InChI=1S/C14H20N2OS.ClH/c17-14(13-7-4-8-15-13)16-12(10-18)9-11-5-2-1-3-6-11;/h1-3,5-6,12-13,15,18H,4,7-10H2,(H,16,17);1H/t12-,13+;/m1./s1. The van der Waals surface area contributed by atoms with Gasteiger partial charge in [0.05, 0.1) is 6.04 Å². The highest BCUT2D eigenvalue weighted by molar-refractivity contribution is 7.80. The third-order valence-corrected chi connectivity index (χ3v) is 3.71. The van der Waals surface area contributed by atoms with E-state index in [1.807, 2.05) is 18.2 Å². The number of halogens is 1. The van der Waals surface area contributed by atoms with Gasteiger partial charge in [-0.25, -0.2) is 0 Å². The Morgan fingerprint density at radius 3 is 2.74 bits per heavy atom. The van der Waals surface area contributed by atoms with Crippen LogP contribution in [0.5, 0.6) is 0 Å². The molecule has 1 saturated heterocycles. The van der Waals surface area contributed by atoms with Gasteiger partial charge in [0.1, 0.15) is 0 Å². The van der Waals surface area contributed by atoms with E-state index in [0.29, 0.717) is 5.75 Å². The van der Waals surface area contributed by atoms with E-state index in [9.17, 15) is 4.79 Å². The lowest BCUT2D eigenvalue weighted by Crippen LogP contribution is -2.46. The van der Waals surface area contributed by atoms with Gasteiger partial charge in [-0.15, -0.1) is 12.4 Å². The first kappa shape index (κ1) is 16.3. The van der Waals surface area contributed by atoms with Crippen LogP contribution < -0.4 is 10.6 Å². The molecule has 1 aromatic carbocycles. The summed E-state index contributed by atoms with van der Waals surface area (Å²) in [5.41, 5.74) is 1.23. The summed E-state index contributed by atoms with van der Waals surface area (Å²) in [6.07, 6.45) is 2.86. The van der Waals surface area contributed by atoms with Crippen molar-refractivity contribution in [2.45, 2.75) is 31.3 Å². The van der Waals surface area contributed by atoms with E-state index in [2.05, 4.69) is 35.4 Å². The summed E-state index contributed by atoms with van der Waals surface area (Å²) in [5, 5.41) is 6.29. The van der Waals surface area contributed by atoms with Gasteiger partial charge < -0.3 is 10.6 Å². The Balaban J connectivity index is 0.00000180. The summed E-state index contributed by atoms with van der Waals surface area (Å²) >= 11 is 4.33. The van der Waals surface area contributed by atoms with Gasteiger partial charge in [-0.2, -0.15) is 12.6 Å². The average molecular weight is 301 g/mol. The summed E-state index contributed by atoms with van der Waals surface area (Å²) in [4.78, 5) is 12.0. The summed E-state index contributed by atoms with van der Waals surface area (Å²) < 4.78 is 0. The summed E-state index contributed by atoms with van der Waals surface area (Å²) in [5.74, 6) is 0.773. The summed E-state index contributed by atoms with van der Waals surface area (Å²) in [7, 11) is 0. The fraction of sp³-hybridized carbons (Fsp3) is 0.500. The smallest absolute Gasteiger partial charge is 0.237 e. The van der Waals surface area contributed by atoms with E-state index in [-0.39, 0.29) is 30.4 Å². The van der Waals surface area contributed by atoms with Gasteiger partial charge in [0.15, 0.2) is 0 Å². The second-order valence-electron chi connectivity index (χ2n) is 4.73. The van der Waals surface area contributed by atoms with Gasteiger partial charge >= 0.3 is 0 Å². The molecule has 0 spiro atoms. The number of amides is 1. The molecule has 0 aromatic heterocycles. The molecule has 1 aromatic rings. The molecule has 19 heavy (non-hydrogen) atoms. The first-order valence-corrected chi connectivity index (χ1v) is 7.11. The van der Waals surface area contributed by atoms with Crippen LogP contribution >= 0.6 is 25.0 Å². The minimum atomic E-state index is -0.0110. The molecule has 5 heteroatoms. The Morgan fingerprint density at radius 1 is 1.42 bits per heavy atom. The number of hydrogen-bond donors (Lipinski definition) is 3. The van der Waals surface area contributed by atoms with Crippen molar-refractivity contribution >= 4 is 30.9 Å². The molecule has 1 aliphatic heterocycles. The molecule has 2 N–H and O–H groups in total. The van der Waals surface area contributed by atoms with Crippen LogP contribution in [0.25, 0.3) is 0 Å². The van der Waals surface area contributed by atoms with Crippen molar-refractivity contribution in [2.24, 2.45) is 0 Å². The molecule has 0 bridgehead atoms. The first-order valence-electron chi connectivity index (χ1n) is 6.48. The number of rotatable bonds is 5. The Hall–Kier alpha value is -0.710. The molecule has 1 fully saturated rings. The third-order valence-electron chi connectivity index (χ3n) is 3.27. The van der Waals surface area contributed by atoms with Gasteiger partial charge in [-0.05, 0) is 31.4 Å². The molecular formula is C14H21ClN2OS. The highest BCUT2D eigenvalue weighted by Gasteiger charge is 2.23. The maximum absolute atomic E-state index is 12.0. The highest BCUT2D eigenvalue weighted by atomic mass is 35.5. The molecule has 1 aliphatic rings. The van der Waals surface area contributed by atoms with E-state index in [1.165, 1.54) is 5.56 Å². The molecule has 106 valence electrons. The van der Waals surface area contributed by atoms with Crippen LogP contribution in [-0.2, 0) is 11.2 Å². The molecular weight excluding hydrogens is 280 g/mol. The van der Waals surface area contributed by atoms with E-state index in [4.69, 9.17) is 0 Å². The van der Waals surface area contributed by atoms with Crippen molar-refractivity contribution in [1.82, 2.24) is 10.6 Å². The zero-order valence-electron chi connectivity index (χ0n) is 10.8. The van der Waals surface area contributed by atoms with Crippen molar-refractivity contribution in [3.8, 4) is 0 Å². The van der Waals surface area contributed by atoms with Gasteiger partial charge in [-0.1, -0.05) is 30.3 Å². The molecule has 1 heterocycles. The predicted molar refractivity (Wildman–Crippen MR) is 84.2 cm³/mol. The van der Waals surface area contributed by atoms with E-state index in [0.717, 1.165) is 25.8 Å². The van der Waals surface area contributed by atoms with Crippen LogP contribution in [-0.4, -0.2) is 30.3 Å². The second-order valence-corrected chi connectivity index (χ2v) is 5.09. The maximum Gasteiger partial charge on any atom is 0.237 e. The van der Waals surface area contributed by atoms with Gasteiger partial charge in [-0.3, -0.25) is 4.79 Å². The van der Waals surface area contributed by atoms with Gasteiger partial charge in [0.2, 0.25) is 5.91 Å². The lowest BCUT2D eigenvalue weighted by atomic mass is 10.1. The van der Waals surface area contributed by atoms with Crippen LogP contribution in [0.15, 0.2) is 30.3 Å². The molecule has 0 aliphatic carbocycles. The molecule has 0 unspecified atom stereocenters. The van der Waals surface area contributed by atoms with Crippen LogP contribution in [0.1, 0.15) is 18.4 Å². The van der Waals surface area contributed by atoms with Gasteiger partial charge in [0.25, 0.3) is 0 Å². The fourth-order valence-corrected chi connectivity index (χ4v) is 2.49. The maximum atomic E-state index is 12.0. The molecule has 2 atom stereocenters. The lowest BCUT2D eigenvalue weighted by molar-refractivity contribution is -0.123. The molecule has 0 radical (unpaired) electrons. The number of carbonyl (C=O) groups excluding carboxylic acids is 1. The Labute approximate surface area is 126 Å². The number of hydrogen-bond acceptors (Lipinski definition) is 3. The van der Waals surface area contributed by atoms with Crippen molar-refractivity contribution in [3.05, 3.63) is 35.9 Å². The lowest BCUT2D eigenvalue weighted by Gasteiger charge is -2.19. The minimum Gasteiger partial charge on any atom is -0.351 e. The fourth-order valence-electron chi connectivity index (χ4n) is 2.27. The van der Waals surface area contributed by atoms with Crippen LogP contribution in [0.4, 0.5) is 0 Å². The van der Waals surface area contributed by atoms with Crippen molar-refractivity contribution in [1.29, 1.82) is 0 Å². The number of nitrogens with one attached hydrogen (secondary N) is 2. The van der Waals surface area contributed by atoms with E-state index < -0.39 is 0 Å². The van der Waals surface area contributed by atoms with Crippen LogP contribution in [0.3, 0.4) is 0 Å². The molecule has 0 saturated carbocycles. The minimum absolute atomic E-state index is 0. The first-order chi connectivity index (χ1) is 8.79. The largest absolute Gasteiger partial charge is 0.351 e. The normalized spacial score (nSPS) is 19.5. The van der Waals surface area contributed by atoms with Crippen molar-refractivity contribution in [2.75, 3.05) is 12.3 Å². The Morgan fingerprint density at radius 2 is 2.16 bits per heavy atom. The molecule has 1 amide bonds. The van der Waals surface area contributed by atoms with Crippen molar-refractivity contribution in [3.63, 3.8) is 0 Å². The number of thiol groups is 1. The number of benzene rings is 1. The number of carbonyl (C=O) groups is 1. The topological polar surface area (TPSA) is 41.1 Å². The molecule has 2 rings (SSSR count). The summed E-state index contributed by atoms with van der Waals surface area (Å²) in [6.45, 7) is 0.947. The van der Waals surface area contributed by atoms with Crippen LogP contribution in [0, 0.1) is 0 Å². The zero-order valence-corrected chi connectivity index (χ0v) is 12.6. The zero-order chi connectivity index (χ0) is 12.8. The SMILES string of the molecule is Cl.O=C(N[C@@H](CS)Cc1ccccc1)[C@@H]1CCCN1. The summed E-state index contributed by atoms with van der Waals surface area (Å²) in [6, 6.07) is 10.3. The monoisotopic (exact) mass is 300 g/mol. The quantitative estimate of drug-likeness (QED) is 0.726. The van der Waals surface area contributed by atoms with E-state index in [1.54, 1.807) is 0 Å². The van der Waals surface area contributed by atoms with E-state index >= 15 is 0 Å². The Bertz CT molecular complexity index is 382. The second kappa shape index (κ2) is 8.46. The van der Waals surface area contributed by atoms with Crippen molar-refractivity contribution < 1.29 is 4.79 Å². The molecule has 3 nitrogen and oxygen atoms in total. The highest BCUT2D eigenvalue weighted by Crippen LogP contribution is 2.08. The predicted octanol–water partition coefficient (Wildman–Crippen LogP) is 1.82. The van der Waals surface area contributed by atoms with Crippen LogP contribution in [0.2, 0.25) is 0 Å². The Kier molecular flexibility index (Phi) is 7.28. The van der Waals surface area contributed by atoms with Gasteiger partial charge in [0, 0.05) is 11.8 Å². The average Bonchev–Trinajstić information content (AvgIpc) is 2.93. The third kappa shape index (κ3) is 5.05.